The zero-order chi connectivity index (χ0) is 13.2. The van der Waals surface area contributed by atoms with E-state index in [9.17, 15) is 9.18 Å². The number of aromatic nitrogens is 2. The van der Waals surface area contributed by atoms with Crippen LogP contribution in [0.25, 0.3) is 11.0 Å². The Balaban J connectivity index is 1.94. The van der Waals surface area contributed by atoms with Gasteiger partial charge < -0.3 is 10.3 Å². The lowest BCUT2D eigenvalue weighted by atomic mass is 10.1. The first-order valence-corrected chi connectivity index (χ1v) is 5.73. The van der Waals surface area contributed by atoms with Crippen LogP contribution in [0, 0.1) is 5.82 Å². The van der Waals surface area contributed by atoms with E-state index in [1.807, 2.05) is 6.07 Å². The molecule has 0 bridgehead atoms. The quantitative estimate of drug-likeness (QED) is 0.739. The number of fused-ring (bicyclic) bond motifs is 1. The summed E-state index contributed by atoms with van der Waals surface area (Å²) in [5.74, 6) is -0.709. The highest BCUT2D eigenvalue weighted by molar-refractivity contribution is 6.11. The van der Waals surface area contributed by atoms with E-state index in [2.05, 4.69) is 15.3 Å². The molecular formula is C14H10FN3O. The fourth-order valence-corrected chi connectivity index (χ4v) is 1.91. The summed E-state index contributed by atoms with van der Waals surface area (Å²) in [5.41, 5.74) is 2.24. The Hall–Kier alpha value is -2.69. The summed E-state index contributed by atoms with van der Waals surface area (Å²) >= 11 is 0. The number of carbonyl (C=O) groups excluding carboxylic acids is 1. The predicted molar refractivity (Wildman–Crippen MR) is 70.4 cm³/mol. The van der Waals surface area contributed by atoms with Crippen LogP contribution in [0.3, 0.4) is 0 Å². The van der Waals surface area contributed by atoms with Gasteiger partial charge in [0.25, 0.3) is 5.91 Å². The van der Waals surface area contributed by atoms with Crippen molar-refractivity contribution < 1.29 is 9.18 Å². The highest BCUT2D eigenvalue weighted by Gasteiger charge is 2.11. The van der Waals surface area contributed by atoms with Crippen LogP contribution in [0.4, 0.5) is 10.1 Å². The fraction of sp³-hybridized carbons (Fsp3) is 0. The molecule has 0 saturated heterocycles. The lowest BCUT2D eigenvalue weighted by molar-refractivity contribution is 0.102. The predicted octanol–water partition coefficient (Wildman–Crippen LogP) is 2.95. The van der Waals surface area contributed by atoms with E-state index >= 15 is 0 Å². The van der Waals surface area contributed by atoms with Crippen LogP contribution in [0.5, 0.6) is 0 Å². The molecule has 4 nitrogen and oxygen atoms in total. The minimum atomic E-state index is -0.393. The summed E-state index contributed by atoms with van der Waals surface area (Å²) < 4.78 is 13.1. The standard InChI is InChI=1S/C14H10FN3O/c15-9-3-1-4-10(7-9)18-14(19)11-5-2-6-12-13(11)17-8-16-12/h1-8H,(H,16,17)(H,18,19). The number of anilines is 1. The summed E-state index contributed by atoms with van der Waals surface area (Å²) in [5, 5.41) is 2.65. The Morgan fingerprint density at radius 2 is 2.05 bits per heavy atom. The van der Waals surface area contributed by atoms with Gasteiger partial charge in [-0.2, -0.15) is 0 Å². The molecule has 3 aromatic rings. The molecule has 5 heteroatoms. The van der Waals surface area contributed by atoms with E-state index in [4.69, 9.17) is 0 Å². The molecule has 0 fully saturated rings. The Kier molecular flexibility index (Phi) is 2.72. The van der Waals surface area contributed by atoms with E-state index in [0.717, 1.165) is 5.52 Å². The van der Waals surface area contributed by atoms with Crippen molar-refractivity contribution in [2.24, 2.45) is 0 Å². The van der Waals surface area contributed by atoms with Gasteiger partial charge in [-0.15, -0.1) is 0 Å². The number of hydrogen-bond donors (Lipinski definition) is 2. The van der Waals surface area contributed by atoms with Crippen molar-refractivity contribution >= 4 is 22.6 Å². The van der Waals surface area contributed by atoms with Gasteiger partial charge in [-0.3, -0.25) is 4.79 Å². The zero-order valence-corrected chi connectivity index (χ0v) is 9.85. The number of H-pyrrole nitrogens is 1. The number of amides is 1. The number of carbonyl (C=O) groups is 1. The lowest BCUT2D eigenvalue weighted by Crippen LogP contribution is -2.12. The van der Waals surface area contributed by atoms with Crippen LogP contribution in [0.1, 0.15) is 10.4 Å². The zero-order valence-electron chi connectivity index (χ0n) is 9.85. The summed E-state index contributed by atoms with van der Waals surface area (Å²) in [6.45, 7) is 0. The van der Waals surface area contributed by atoms with Crippen LogP contribution in [0.2, 0.25) is 0 Å². The molecule has 3 rings (SSSR count). The van der Waals surface area contributed by atoms with Crippen molar-refractivity contribution in [1.82, 2.24) is 9.97 Å². The van der Waals surface area contributed by atoms with E-state index < -0.39 is 5.82 Å². The number of imidazole rings is 1. The third kappa shape index (κ3) is 2.18. The molecular weight excluding hydrogens is 245 g/mol. The van der Waals surface area contributed by atoms with Gasteiger partial charge in [0.2, 0.25) is 0 Å². The third-order valence-corrected chi connectivity index (χ3v) is 2.78. The molecule has 0 aliphatic carbocycles. The number of nitrogens with one attached hydrogen (secondary N) is 2. The number of halogens is 1. The number of para-hydroxylation sites is 1. The topological polar surface area (TPSA) is 57.8 Å². The molecule has 0 radical (unpaired) electrons. The SMILES string of the molecule is O=C(Nc1cccc(F)c1)c1cccc2[nH]cnc12. The first-order valence-electron chi connectivity index (χ1n) is 5.73. The molecule has 94 valence electrons. The van der Waals surface area contributed by atoms with Crippen LogP contribution in [-0.2, 0) is 0 Å². The normalized spacial score (nSPS) is 10.6. The van der Waals surface area contributed by atoms with E-state index in [-0.39, 0.29) is 5.91 Å². The van der Waals surface area contributed by atoms with Gasteiger partial charge in [0.15, 0.2) is 0 Å². The highest BCUT2D eigenvalue weighted by atomic mass is 19.1. The average Bonchev–Trinajstić information content (AvgIpc) is 2.86. The van der Waals surface area contributed by atoms with Gasteiger partial charge in [0.05, 0.1) is 17.4 Å². The van der Waals surface area contributed by atoms with Crippen LogP contribution >= 0.6 is 0 Å². The van der Waals surface area contributed by atoms with Gasteiger partial charge in [-0.1, -0.05) is 12.1 Å². The second-order valence-corrected chi connectivity index (χ2v) is 4.07. The molecule has 0 unspecified atom stereocenters. The third-order valence-electron chi connectivity index (χ3n) is 2.78. The van der Waals surface area contributed by atoms with Crippen molar-refractivity contribution in [1.29, 1.82) is 0 Å². The Bertz CT molecular complexity index is 751. The molecule has 19 heavy (non-hydrogen) atoms. The molecule has 1 aromatic heterocycles. The molecule has 0 saturated carbocycles. The maximum absolute atomic E-state index is 13.1. The number of rotatable bonds is 2. The second-order valence-electron chi connectivity index (χ2n) is 4.07. The van der Waals surface area contributed by atoms with Gasteiger partial charge in [0.1, 0.15) is 11.3 Å². The van der Waals surface area contributed by atoms with Gasteiger partial charge >= 0.3 is 0 Å². The Morgan fingerprint density at radius 3 is 2.89 bits per heavy atom. The van der Waals surface area contributed by atoms with Crippen molar-refractivity contribution in [3.63, 3.8) is 0 Å². The summed E-state index contributed by atoms with van der Waals surface area (Å²) in [6, 6.07) is 11.0. The number of aromatic amines is 1. The van der Waals surface area contributed by atoms with Crippen LogP contribution in [-0.4, -0.2) is 15.9 Å². The Morgan fingerprint density at radius 1 is 1.21 bits per heavy atom. The molecule has 2 aromatic carbocycles. The van der Waals surface area contributed by atoms with Gasteiger partial charge in [-0.25, -0.2) is 9.37 Å². The summed E-state index contributed by atoms with van der Waals surface area (Å²) in [6.07, 6.45) is 1.53. The lowest BCUT2D eigenvalue weighted by Gasteiger charge is -2.05. The van der Waals surface area contributed by atoms with E-state index in [1.165, 1.54) is 18.5 Å². The first kappa shape index (κ1) is 11.4. The molecule has 0 atom stereocenters. The molecule has 1 heterocycles. The fourth-order valence-electron chi connectivity index (χ4n) is 1.91. The van der Waals surface area contributed by atoms with Crippen molar-refractivity contribution in [3.8, 4) is 0 Å². The second kappa shape index (κ2) is 4.53. The average molecular weight is 255 g/mol. The smallest absolute Gasteiger partial charge is 0.257 e. The Labute approximate surface area is 108 Å². The van der Waals surface area contributed by atoms with Crippen molar-refractivity contribution in [2.45, 2.75) is 0 Å². The van der Waals surface area contributed by atoms with Crippen molar-refractivity contribution in [2.75, 3.05) is 5.32 Å². The van der Waals surface area contributed by atoms with E-state index in [0.29, 0.717) is 16.8 Å². The number of hydrogen-bond acceptors (Lipinski definition) is 2. The van der Waals surface area contributed by atoms with Crippen molar-refractivity contribution in [3.05, 3.63) is 60.2 Å². The molecule has 0 aliphatic rings. The maximum atomic E-state index is 13.1. The molecule has 0 spiro atoms. The molecule has 2 N–H and O–H groups in total. The first-order chi connectivity index (χ1) is 9.24. The summed E-state index contributed by atoms with van der Waals surface area (Å²) in [4.78, 5) is 19.2. The number of nitrogens with zero attached hydrogens (tertiary/aromatic N) is 1. The highest BCUT2D eigenvalue weighted by Crippen LogP contribution is 2.17. The summed E-state index contributed by atoms with van der Waals surface area (Å²) in [7, 11) is 0. The largest absolute Gasteiger partial charge is 0.345 e. The molecule has 1 amide bonds. The monoisotopic (exact) mass is 255 g/mol. The molecule has 0 aliphatic heterocycles. The number of benzene rings is 2. The maximum Gasteiger partial charge on any atom is 0.257 e. The minimum absolute atomic E-state index is 0.316. The van der Waals surface area contributed by atoms with Gasteiger partial charge in [0, 0.05) is 5.69 Å². The van der Waals surface area contributed by atoms with E-state index in [1.54, 1.807) is 24.3 Å². The van der Waals surface area contributed by atoms with Crippen LogP contribution < -0.4 is 5.32 Å². The minimum Gasteiger partial charge on any atom is -0.345 e. The van der Waals surface area contributed by atoms with Crippen LogP contribution in [0.15, 0.2) is 48.8 Å². The van der Waals surface area contributed by atoms with Gasteiger partial charge in [-0.05, 0) is 30.3 Å².